The number of nitrogens with zero attached hydrogens (tertiary/aromatic N) is 2. The number of carbonyl (C=O) groups is 2. The second-order valence-electron chi connectivity index (χ2n) is 7.59. The SMILES string of the molecule is CC(=O)O.Cc1ccc(CN2CC[C@@H](Nc3ccc(C=CC(=O)NO)cn3)C2)cc1C. The van der Waals surface area contributed by atoms with Crippen LogP contribution in [0.3, 0.4) is 0 Å². The van der Waals surface area contributed by atoms with Gasteiger partial charge in [-0.3, -0.25) is 19.7 Å². The first-order valence-corrected chi connectivity index (χ1v) is 10.1. The van der Waals surface area contributed by atoms with E-state index in [4.69, 9.17) is 15.1 Å². The maximum Gasteiger partial charge on any atom is 0.300 e. The molecule has 1 aromatic carbocycles. The first kappa shape index (κ1) is 24.0. The van der Waals surface area contributed by atoms with Crippen molar-refractivity contribution in [3.05, 3.63) is 64.9 Å². The molecule has 4 N–H and O–H groups in total. The first-order chi connectivity index (χ1) is 14.8. The minimum atomic E-state index is -0.833. The fourth-order valence-corrected chi connectivity index (χ4v) is 3.26. The number of aryl methyl sites for hydroxylation is 2. The number of carbonyl (C=O) groups excluding carboxylic acids is 1. The largest absolute Gasteiger partial charge is 0.481 e. The molecule has 1 fully saturated rings. The van der Waals surface area contributed by atoms with Crippen molar-refractivity contribution in [1.82, 2.24) is 15.4 Å². The minimum absolute atomic E-state index is 0.380. The molecule has 1 aliphatic rings. The van der Waals surface area contributed by atoms with E-state index in [0.29, 0.717) is 6.04 Å². The van der Waals surface area contributed by atoms with Crippen molar-refractivity contribution in [2.24, 2.45) is 0 Å². The van der Waals surface area contributed by atoms with Gasteiger partial charge in [0.1, 0.15) is 5.82 Å². The number of carboxylic acid groups (broad SMARTS) is 1. The van der Waals surface area contributed by atoms with Gasteiger partial charge in [0, 0.05) is 44.9 Å². The molecule has 31 heavy (non-hydrogen) atoms. The van der Waals surface area contributed by atoms with Gasteiger partial charge in [0.15, 0.2) is 0 Å². The Morgan fingerprint density at radius 2 is 1.97 bits per heavy atom. The summed E-state index contributed by atoms with van der Waals surface area (Å²) in [5, 5.41) is 19.4. The van der Waals surface area contributed by atoms with Crippen molar-refractivity contribution in [1.29, 1.82) is 0 Å². The number of anilines is 1. The number of aliphatic carboxylic acids is 1. The van der Waals surface area contributed by atoms with E-state index in [2.05, 4.69) is 47.2 Å². The van der Waals surface area contributed by atoms with E-state index in [-0.39, 0.29) is 0 Å². The molecule has 2 heterocycles. The lowest BCUT2D eigenvalue weighted by atomic mass is 10.1. The van der Waals surface area contributed by atoms with Crippen LogP contribution >= 0.6 is 0 Å². The number of aromatic nitrogens is 1. The summed E-state index contributed by atoms with van der Waals surface area (Å²) >= 11 is 0. The van der Waals surface area contributed by atoms with Crippen LogP contribution in [-0.4, -0.2) is 51.2 Å². The van der Waals surface area contributed by atoms with E-state index in [1.54, 1.807) is 17.8 Å². The molecule has 8 nitrogen and oxygen atoms in total. The summed E-state index contributed by atoms with van der Waals surface area (Å²) in [6.45, 7) is 8.43. The summed E-state index contributed by atoms with van der Waals surface area (Å²) < 4.78 is 0. The zero-order chi connectivity index (χ0) is 22.8. The number of hydrogen-bond donors (Lipinski definition) is 4. The lowest BCUT2D eigenvalue weighted by Crippen LogP contribution is -2.26. The Morgan fingerprint density at radius 1 is 1.23 bits per heavy atom. The normalized spacial score (nSPS) is 15.9. The highest BCUT2D eigenvalue weighted by molar-refractivity contribution is 5.90. The molecule has 1 atom stereocenters. The Labute approximate surface area is 182 Å². The molecule has 1 aromatic heterocycles. The Bertz CT molecular complexity index is 908. The molecule has 166 valence electrons. The van der Waals surface area contributed by atoms with Crippen LogP contribution in [0.15, 0.2) is 42.6 Å². The molecule has 1 amide bonds. The number of benzene rings is 1. The molecule has 0 radical (unpaired) electrons. The third kappa shape index (κ3) is 8.57. The first-order valence-electron chi connectivity index (χ1n) is 10.1. The van der Waals surface area contributed by atoms with E-state index in [1.807, 2.05) is 12.1 Å². The van der Waals surface area contributed by atoms with Gasteiger partial charge in [-0.05, 0) is 60.7 Å². The van der Waals surface area contributed by atoms with Crippen molar-refractivity contribution in [2.45, 2.75) is 39.8 Å². The Morgan fingerprint density at radius 3 is 2.58 bits per heavy atom. The minimum Gasteiger partial charge on any atom is -0.481 e. The van der Waals surface area contributed by atoms with Crippen molar-refractivity contribution in [3.63, 3.8) is 0 Å². The van der Waals surface area contributed by atoms with Crippen LogP contribution in [0, 0.1) is 13.8 Å². The molecule has 0 saturated carbocycles. The number of amides is 1. The molecule has 0 bridgehead atoms. The number of rotatable bonds is 6. The van der Waals surface area contributed by atoms with Crippen molar-refractivity contribution in [3.8, 4) is 0 Å². The average molecular weight is 427 g/mol. The maximum atomic E-state index is 11.0. The summed E-state index contributed by atoms with van der Waals surface area (Å²) in [5.41, 5.74) is 6.40. The van der Waals surface area contributed by atoms with Crippen LogP contribution in [0.4, 0.5) is 5.82 Å². The third-order valence-corrected chi connectivity index (χ3v) is 4.93. The van der Waals surface area contributed by atoms with Crippen molar-refractivity contribution < 1.29 is 19.9 Å². The second kappa shape index (κ2) is 11.8. The van der Waals surface area contributed by atoms with E-state index >= 15 is 0 Å². The second-order valence-corrected chi connectivity index (χ2v) is 7.59. The molecule has 0 spiro atoms. The number of hydrogen-bond acceptors (Lipinski definition) is 6. The van der Waals surface area contributed by atoms with Gasteiger partial charge in [-0.2, -0.15) is 0 Å². The Balaban J connectivity index is 0.000000785. The van der Waals surface area contributed by atoms with Gasteiger partial charge < -0.3 is 10.4 Å². The smallest absolute Gasteiger partial charge is 0.300 e. The highest BCUT2D eigenvalue weighted by Gasteiger charge is 2.22. The molecular formula is C23H30N4O4. The number of nitrogens with one attached hydrogen (secondary N) is 2. The van der Waals surface area contributed by atoms with Crippen LogP contribution in [0.5, 0.6) is 0 Å². The van der Waals surface area contributed by atoms with Crippen LogP contribution < -0.4 is 10.8 Å². The summed E-state index contributed by atoms with van der Waals surface area (Å²) in [6, 6.07) is 10.9. The van der Waals surface area contributed by atoms with E-state index in [9.17, 15) is 4.79 Å². The predicted octanol–water partition coefficient (Wildman–Crippen LogP) is 2.99. The third-order valence-electron chi connectivity index (χ3n) is 4.93. The van der Waals surface area contributed by atoms with Crippen molar-refractivity contribution in [2.75, 3.05) is 18.4 Å². The summed E-state index contributed by atoms with van der Waals surface area (Å²) in [6.07, 6.45) is 5.64. The molecule has 0 unspecified atom stereocenters. The molecule has 3 rings (SSSR count). The average Bonchev–Trinajstić information content (AvgIpc) is 3.16. The number of carboxylic acids is 1. The van der Waals surface area contributed by atoms with Gasteiger partial charge in [-0.25, -0.2) is 10.5 Å². The molecule has 8 heteroatoms. The van der Waals surface area contributed by atoms with Gasteiger partial charge in [-0.15, -0.1) is 0 Å². The number of pyridine rings is 1. The lowest BCUT2D eigenvalue weighted by Gasteiger charge is -2.17. The van der Waals surface area contributed by atoms with Crippen molar-refractivity contribution >= 4 is 23.8 Å². The lowest BCUT2D eigenvalue weighted by molar-refractivity contribution is -0.134. The summed E-state index contributed by atoms with van der Waals surface area (Å²) in [5.74, 6) is -0.566. The zero-order valence-electron chi connectivity index (χ0n) is 18.1. The molecule has 1 saturated heterocycles. The van der Waals surface area contributed by atoms with Gasteiger partial charge in [0.2, 0.25) is 0 Å². The highest BCUT2D eigenvalue weighted by atomic mass is 16.5. The molecular weight excluding hydrogens is 396 g/mol. The van der Waals surface area contributed by atoms with Gasteiger partial charge in [0.25, 0.3) is 11.9 Å². The Kier molecular flexibility index (Phi) is 9.17. The quantitative estimate of drug-likeness (QED) is 0.319. The summed E-state index contributed by atoms with van der Waals surface area (Å²) in [4.78, 5) is 26.9. The van der Waals surface area contributed by atoms with E-state index in [1.165, 1.54) is 22.8 Å². The zero-order valence-corrected chi connectivity index (χ0v) is 18.1. The highest BCUT2D eigenvalue weighted by Crippen LogP contribution is 2.18. The number of hydroxylamine groups is 1. The van der Waals surface area contributed by atoms with E-state index < -0.39 is 11.9 Å². The predicted molar refractivity (Wildman–Crippen MR) is 120 cm³/mol. The molecule has 0 aliphatic carbocycles. The fraction of sp³-hybridized carbons (Fsp3) is 0.348. The van der Waals surface area contributed by atoms with Crippen LogP contribution in [0.25, 0.3) is 6.08 Å². The van der Waals surface area contributed by atoms with Gasteiger partial charge >= 0.3 is 0 Å². The topological polar surface area (TPSA) is 115 Å². The van der Waals surface area contributed by atoms with Crippen LogP contribution in [-0.2, 0) is 16.1 Å². The van der Waals surface area contributed by atoms with Gasteiger partial charge in [0.05, 0.1) is 0 Å². The number of likely N-dealkylation sites (tertiary alicyclic amines) is 1. The Hall–Kier alpha value is -3.23. The van der Waals surface area contributed by atoms with Crippen LogP contribution in [0.1, 0.15) is 35.6 Å². The van der Waals surface area contributed by atoms with E-state index in [0.717, 1.165) is 44.4 Å². The molecule has 2 aromatic rings. The monoisotopic (exact) mass is 426 g/mol. The van der Waals surface area contributed by atoms with Gasteiger partial charge in [-0.1, -0.05) is 18.2 Å². The summed E-state index contributed by atoms with van der Waals surface area (Å²) in [7, 11) is 0. The standard InChI is InChI=1S/C21H26N4O2.C2H4O2/c1-15-3-4-18(11-16(15)2)13-25-10-9-19(14-25)23-20-7-5-17(12-22-20)6-8-21(26)24-27;1-2(3)4/h3-8,11-12,19,27H,9-10,13-14H2,1-2H3,(H,22,23)(H,24,26);1H3,(H,3,4)/t19-;/m1./s1. The maximum absolute atomic E-state index is 11.0. The molecule has 1 aliphatic heterocycles. The fourth-order valence-electron chi connectivity index (χ4n) is 3.26. The van der Waals surface area contributed by atoms with Crippen LogP contribution in [0.2, 0.25) is 0 Å².